The van der Waals surface area contributed by atoms with Crippen molar-refractivity contribution in [1.29, 1.82) is 0 Å². The van der Waals surface area contributed by atoms with E-state index in [0.29, 0.717) is 6.42 Å². The van der Waals surface area contributed by atoms with E-state index in [1.165, 1.54) is 6.08 Å². The molecule has 0 spiro atoms. The van der Waals surface area contributed by atoms with Crippen molar-refractivity contribution < 1.29 is 9.90 Å². The molecule has 0 saturated heterocycles. The molecule has 1 aliphatic rings. The third-order valence-corrected chi connectivity index (χ3v) is 2.84. The van der Waals surface area contributed by atoms with Gasteiger partial charge in [-0.25, -0.2) is 0 Å². The summed E-state index contributed by atoms with van der Waals surface area (Å²) in [6.07, 6.45) is 4.50. The molecule has 2 heteroatoms. The van der Waals surface area contributed by atoms with Crippen molar-refractivity contribution in [2.75, 3.05) is 0 Å². The first-order valence-corrected chi connectivity index (χ1v) is 5.23. The summed E-state index contributed by atoms with van der Waals surface area (Å²) in [6, 6.07) is 7.50. The molecule has 78 valence electrons. The van der Waals surface area contributed by atoms with Crippen LogP contribution >= 0.6 is 0 Å². The monoisotopic (exact) mass is 202 g/mol. The van der Waals surface area contributed by atoms with Crippen LogP contribution in [0.3, 0.4) is 0 Å². The molecular formula is C13H14O2. The maximum absolute atomic E-state index is 11.7. The van der Waals surface area contributed by atoms with E-state index in [0.717, 1.165) is 17.5 Å². The number of ketones is 1. The Hall–Kier alpha value is -1.41. The van der Waals surface area contributed by atoms with Crippen LogP contribution in [0, 0.1) is 0 Å². The zero-order valence-corrected chi connectivity index (χ0v) is 8.73. The SMILES string of the molecule is CCCC1(O)C(=O)C=Cc2ccccc21. The van der Waals surface area contributed by atoms with E-state index < -0.39 is 5.60 Å². The normalized spacial score (nSPS) is 24.0. The molecule has 2 nitrogen and oxygen atoms in total. The second-order valence-corrected chi connectivity index (χ2v) is 3.90. The Kier molecular flexibility index (Phi) is 2.45. The number of benzene rings is 1. The highest BCUT2D eigenvalue weighted by Gasteiger charge is 2.38. The zero-order valence-electron chi connectivity index (χ0n) is 8.73. The molecule has 2 rings (SSSR count). The van der Waals surface area contributed by atoms with Gasteiger partial charge in [0.25, 0.3) is 0 Å². The van der Waals surface area contributed by atoms with Crippen molar-refractivity contribution >= 4 is 11.9 Å². The summed E-state index contributed by atoms with van der Waals surface area (Å²) in [5.41, 5.74) is 0.368. The summed E-state index contributed by atoms with van der Waals surface area (Å²) in [5, 5.41) is 10.4. The second kappa shape index (κ2) is 3.63. The average Bonchev–Trinajstić information content (AvgIpc) is 2.25. The minimum absolute atomic E-state index is 0.206. The first kappa shape index (κ1) is 10.1. The third-order valence-electron chi connectivity index (χ3n) is 2.84. The van der Waals surface area contributed by atoms with Crippen LogP contribution in [0.2, 0.25) is 0 Å². The van der Waals surface area contributed by atoms with Gasteiger partial charge in [-0.2, -0.15) is 0 Å². The molecule has 0 aliphatic heterocycles. The smallest absolute Gasteiger partial charge is 0.191 e. The lowest BCUT2D eigenvalue weighted by molar-refractivity contribution is -0.134. The van der Waals surface area contributed by atoms with Crippen LogP contribution in [0.1, 0.15) is 30.9 Å². The summed E-state index contributed by atoms with van der Waals surface area (Å²) in [6.45, 7) is 1.96. The number of fused-ring (bicyclic) bond motifs is 1. The maximum atomic E-state index is 11.7. The van der Waals surface area contributed by atoms with Crippen molar-refractivity contribution in [3.63, 3.8) is 0 Å². The minimum atomic E-state index is -1.31. The van der Waals surface area contributed by atoms with Crippen LogP contribution in [0.15, 0.2) is 30.3 Å². The quantitative estimate of drug-likeness (QED) is 0.798. The van der Waals surface area contributed by atoms with Gasteiger partial charge in [-0.1, -0.05) is 43.7 Å². The van der Waals surface area contributed by atoms with E-state index >= 15 is 0 Å². The number of aliphatic hydroxyl groups is 1. The molecule has 0 bridgehead atoms. The molecule has 0 aromatic heterocycles. The van der Waals surface area contributed by atoms with Gasteiger partial charge in [-0.15, -0.1) is 0 Å². The van der Waals surface area contributed by atoms with Gasteiger partial charge < -0.3 is 5.11 Å². The van der Waals surface area contributed by atoms with Crippen LogP contribution in [0.25, 0.3) is 6.08 Å². The summed E-state index contributed by atoms with van der Waals surface area (Å²) >= 11 is 0. The second-order valence-electron chi connectivity index (χ2n) is 3.90. The minimum Gasteiger partial charge on any atom is -0.377 e. The van der Waals surface area contributed by atoms with Gasteiger partial charge in [0, 0.05) is 0 Å². The number of carbonyl (C=O) groups is 1. The van der Waals surface area contributed by atoms with Gasteiger partial charge in [0.15, 0.2) is 11.4 Å². The molecular weight excluding hydrogens is 188 g/mol. The van der Waals surface area contributed by atoms with Crippen LogP contribution < -0.4 is 0 Å². The molecule has 0 radical (unpaired) electrons. The highest BCUT2D eigenvalue weighted by molar-refractivity contribution is 6.03. The third kappa shape index (κ3) is 1.51. The van der Waals surface area contributed by atoms with Gasteiger partial charge >= 0.3 is 0 Å². The molecule has 0 heterocycles. The van der Waals surface area contributed by atoms with Crippen molar-refractivity contribution in [2.24, 2.45) is 0 Å². The van der Waals surface area contributed by atoms with Crippen molar-refractivity contribution in [2.45, 2.75) is 25.4 Å². The molecule has 15 heavy (non-hydrogen) atoms. The summed E-state index contributed by atoms with van der Waals surface area (Å²) in [7, 11) is 0. The number of hydrogen-bond donors (Lipinski definition) is 1. The van der Waals surface area contributed by atoms with Crippen molar-refractivity contribution in [3.05, 3.63) is 41.5 Å². The molecule has 1 aromatic rings. The van der Waals surface area contributed by atoms with E-state index in [-0.39, 0.29) is 5.78 Å². The van der Waals surface area contributed by atoms with E-state index in [1.807, 2.05) is 31.2 Å². The van der Waals surface area contributed by atoms with Gasteiger partial charge in [-0.05, 0) is 23.6 Å². The van der Waals surface area contributed by atoms with Gasteiger partial charge in [0.1, 0.15) is 0 Å². The van der Waals surface area contributed by atoms with Crippen molar-refractivity contribution in [3.8, 4) is 0 Å². The van der Waals surface area contributed by atoms with Crippen LogP contribution in [0.4, 0.5) is 0 Å². The van der Waals surface area contributed by atoms with Crippen molar-refractivity contribution in [1.82, 2.24) is 0 Å². The Labute approximate surface area is 89.2 Å². The van der Waals surface area contributed by atoms with Gasteiger partial charge in [0.2, 0.25) is 0 Å². The molecule has 1 aromatic carbocycles. The molecule has 1 atom stereocenters. The highest BCUT2D eigenvalue weighted by atomic mass is 16.3. The molecule has 1 unspecified atom stereocenters. The highest BCUT2D eigenvalue weighted by Crippen LogP contribution is 2.34. The lowest BCUT2D eigenvalue weighted by Crippen LogP contribution is -2.36. The summed E-state index contributed by atoms with van der Waals surface area (Å²) in [4.78, 5) is 11.7. The van der Waals surface area contributed by atoms with Crippen LogP contribution in [0.5, 0.6) is 0 Å². The summed E-state index contributed by atoms with van der Waals surface area (Å²) < 4.78 is 0. The van der Waals surface area contributed by atoms with E-state index in [1.54, 1.807) is 6.08 Å². The molecule has 1 aliphatic carbocycles. The number of rotatable bonds is 2. The Morgan fingerprint density at radius 3 is 2.73 bits per heavy atom. The molecule has 0 fully saturated rings. The predicted molar refractivity (Wildman–Crippen MR) is 59.3 cm³/mol. The first-order chi connectivity index (χ1) is 7.18. The number of carbonyl (C=O) groups excluding carboxylic acids is 1. The zero-order chi connectivity index (χ0) is 10.9. The maximum Gasteiger partial charge on any atom is 0.191 e. The Morgan fingerprint density at radius 1 is 1.27 bits per heavy atom. The first-order valence-electron chi connectivity index (χ1n) is 5.23. The topological polar surface area (TPSA) is 37.3 Å². The molecule has 1 N–H and O–H groups in total. The van der Waals surface area contributed by atoms with E-state index in [2.05, 4.69) is 0 Å². The van der Waals surface area contributed by atoms with E-state index in [9.17, 15) is 9.90 Å². The Bertz CT molecular complexity index is 420. The fourth-order valence-corrected chi connectivity index (χ4v) is 2.07. The van der Waals surface area contributed by atoms with E-state index in [4.69, 9.17) is 0 Å². The van der Waals surface area contributed by atoms with Crippen LogP contribution in [-0.4, -0.2) is 10.9 Å². The van der Waals surface area contributed by atoms with Gasteiger partial charge in [-0.3, -0.25) is 4.79 Å². The average molecular weight is 202 g/mol. The largest absolute Gasteiger partial charge is 0.377 e. The standard InChI is InChI=1S/C13H14O2/c1-2-9-13(15)11-6-4-3-5-10(11)7-8-12(13)14/h3-8,15H,2,9H2,1H3. The molecule has 0 saturated carbocycles. The lowest BCUT2D eigenvalue weighted by atomic mass is 9.79. The fraction of sp³-hybridized carbons (Fsp3) is 0.308. The Morgan fingerprint density at radius 2 is 2.00 bits per heavy atom. The fourth-order valence-electron chi connectivity index (χ4n) is 2.07. The lowest BCUT2D eigenvalue weighted by Gasteiger charge is -2.29. The van der Waals surface area contributed by atoms with Gasteiger partial charge in [0.05, 0.1) is 0 Å². The Balaban J connectivity index is 2.56. The number of hydrogen-bond acceptors (Lipinski definition) is 2. The van der Waals surface area contributed by atoms with Crippen LogP contribution in [-0.2, 0) is 10.4 Å². The summed E-state index contributed by atoms with van der Waals surface area (Å²) in [5.74, 6) is -0.206. The predicted octanol–water partition coefficient (Wildman–Crippen LogP) is 2.27. The molecule has 0 amide bonds.